The van der Waals surface area contributed by atoms with Crippen molar-refractivity contribution in [1.29, 1.82) is 0 Å². The van der Waals surface area contributed by atoms with Gasteiger partial charge in [-0.15, -0.1) is 0 Å². The van der Waals surface area contributed by atoms with Gasteiger partial charge in [0, 0.05) is 11.6 Å². The number of nitrogens with two attached hydrogens (primary N) is 1. The number of rotatable bonds is 2. The van der Waals surface area contributed by atoms with Crippen LogP contribution in [0.2, 0.25) is 0 Å². The second-order valence-corrected chi connectivity index (χ2v) is 5.49. The van der Waals surface area contributed by atoms with Crippen LogP contribution in [0.1, 0.15) is 40.5 Å². The van der Waals surface area contributed by atoms with Crippen molar-refractivity contribution >= 4 is 6.09 Å². The van der Waals surface area contributed by atoms with Crippen molar-refractivity contribution in [3.8, 4) is 0 Å². The van der Waals surface area contributed by atoms with Crippen molar-refractivity contribution in [2.24, 2.45) is 11.7 Å². The predicted molar refractivity (Wildman–Crippen MR) is 59.5 cm³/mol. The molecule has 1 atom stereocenters. The van der Waals surface area contributed by atoms with E-state index < -0.39 is 0 Å². The number of amides is 1. The summed E-state index contributed by atoms with van der Waals surface area (Å²) in [7, 11) is 0. The molecule has 4 heteroatoms. The van der Waals surface area contributed by atoms with Gasteiger partial charge < -0.3 is 15.8 Å². The Balaban J connectivity index is 2.19. The second kappa shape index (κ2) is 4.39. The maximum atomic E-state index is 11.4. The van der Waals surface area contributed by atoms with Crippen molar-refractivity contribution in [1.82, 2.24) is 5.32 Å². The minimum Gasteiger partial charge on any atom is -0.446 e. The molecule has 1 aliphatic carbocycles. The largest absolute Gasteiger partial charge is 0.446 e. The first-order chi connectivity index (χ1) is 6.78. The van der Waals surface area contributed by atoms with E-state index in [4.69, 9.17) is 10.5 Å². The van der Waals surface area contributed by atoms with Crippen LogP contribution in [0.25, 0.3) is 0 Å². The number of alkyl carbamates (subject to hydrolysis) is 1. The molecule has 3 N–H and O–H groups in total. The van der Waals surface area contributed by atoms with Crippen LogP contribution in [0, 0.1) is 5.92 Å². The molecule has 0 radical (unpaired) electrons. The van der Waals surface area contributed by atoms with Crippen molar-refractivity contribution in [2.75, 3.05) is 0 Å². The molecule has 0 aromatic heterocycles. The fourth-order valence-corrected chi connectivity index (χ4v) is 1.62. The fourth-order valence-electron chi connectivity index (χ4n) is 1.62. The molecule has 88 valence electrons. The van der Waals surface area contributed by atoms with E-state index >= 15 is 0 Å². The molecular formula is C11H22N2O2. The third kappa shape index (κ3) is 4.08. The molecule has 4 nitrogen and oxygen atoms in total. The van der Waals surface area contributed by atoms with Gasteiger partial charge in [-0.05, 0) is 46.5 Å². The fraction of sp³-hybridized carbons (Fsp3) is 0.909. The van der Waals surface area contributed by atoms with E-state index in [2.05, 4.69) is 5.32 Å². The Labute approximate surface area is 91.5 Å². The zero-order valence-electron chi connectivity index (χ0n) is 10.0. The number of hydrogen-bond donors (Lipinski definition) is 2. The molecule has 1 rings (SSSR count). The van der Waals surface area contributed by atoms with E-state index in [0.717, 1.165) is 12.8 Å². The monoisotopic (exact) mass is 214 g/mol. The lowest BCUT2D eigenvalue weighted by Crippen LogP contribution is -2.47. The highest BCUT2D eigenvalue weighted by atomic mass is 16.6. The molecule has 0 aromatic carbocycles. The zero-order valence-corrected chi connectivity index (χ0v) is 10.0. The maximum absolute atomic E-state index is 11.4. The Kier molecular flexibility index (Phi) is 3.60. The first kappa shape index (κ1) is 12.3. The molecule has 0 bridgehead atoms. The normalized spacial score (nSPS) is 27.8. The lowest BCUT2D eigenvalue weighted by molar-refractivity contribution is 0.00812. The highest BCUT2D eigenvalue weighted by Gasteiger charge is 2.34. The quantitative estimate of drug-likeness (QED) is 0.734. The topological polar surface area (TPSA) is 64.3 Å². The van der Waals surface area contributed by atoms with Crippen LogP contribution in [0.4, 0.5) is 4.79 Å². The highest BCUT2D eigenvalue weighted by molar-refractivity contribution is 5.68. The van der Waals surface area contributed by atoms with Crippen molar-refractivity contribution in [3.05, 3.63) is 0 Å². The average molecular weight is 214 g/mol. The van der Waals surface area contributed by atoms with Gasteiger partial charge >= 0.3 is 6.09 Å². The summed E-state index contributed by atoms with van der Waals surface area (Å²) < 4.78 is 5.24. The van der Waals surface area contributed by atoms with E-state index in [9.17, 15) is 4.79 Å². The van der Waals surface area contributed by atoms with Gasteiger partial charge in [-0.3, -0.25) is 0 Å². The van der Waals surface area contributed by atoms with Crippen LogP contribution >= 0.6 is 0 Å². The number of ether oxygens (including phenoxy) is 1. The maximum Gasteiger partial charge on any atom is 0.407 e. The summed E-state index contributed by atoms with van der Waals surface area (Å²) in [6.07, 6.45) is 1.53. The third-order valence-electron chi connectivity index (χ3n) is 2.63. The third-order valence-corrected chi connectivity index (χ3v) is 2.63. The lowest BCUT2D eigenvalue weighted by Gasteiger charge is -2.37. The van der Waals surface area contributed by atoms with Gasteiger partial charge in [-0.2, -0.15) is 0 Å². The van der Waals surface area contributed by atoms with Crippen LogP contribution in [0.3, 0.4) is 0 Å². The highest BCUT2D eigenvalue weighted by Crippen LogP contribution is 2.31. The molecule has 1 aliphatic rings. The molecular weight excluding hydrogens is 192 g/mol. The van der Waals surface area contributed by atoms with E-state index in [1.807, 2.05) is 27.7 Å². The molecule has 1 saturated carbocycles. The molecule has 0 heterocycles. The SMILES string of the molecule is C[C@H](N)C1CC(OC(=O)NC(C)(C)C)C1. The van der Waals surface area contributed by atoms with Crippen LogP contribution in [0.5, 0.6) is 0 Å². The average Bonchev–Trinajstić information content (AvgIpc) is 1.91. The van der Waals surface area contributed by atoms with E-state index in [1.165, 1.54) is 0 Å². The smallest absolute Gasteiger partial charge is 0.407 e. The summed E-state index contributed by atoms with van der Waals surface area (Å²) in [5.41, 5.74) is 5.50. The summed E-state index contributed by atoms with van der Waals surface area (Å²) in [5.74, 6) is 0.512. The van der Waals surface area contributed by atoms with Crippen LogP contribution < -0.4 is 11.1 Å². The first-order valence-electron chi connectivity index (χ1n) is 5.52. The minimum absolute atomic E-state index is 0.0587. The molecule has 1 amide bonds. The molecule has 1 fully saturated rings. The summed E-state index contributed by atoms with van der Waals surface area (Å²) in [5, 5.41) is 2.77. The van der Waals surface area contributed by atoms with E-state index in [1.54, 1.807) is 0 Å². The van der Waals surface area contributed by atoms with Gasteiger partial charge in [0.05, 0.1) is 0 Å². The number of carbonyl (C=O) groups is 1. The van der Waals surface area contributed by atoms with Crippen molar-refractivity contribution in [3.63, 3.8) is 0 Å². The first-order valence-corrected chi connectivity index (χ1v) is 5.52. The van der Waals surface area contributed by atoms with Gasteiger partial charge in [-0.1, -0.05) is 0 Å². The zero-order chi connectivity index (χ0) is 11.6. The minimum atomic E-state index is -0.323. The van der Waals surface area contributed by atoms with Crippen LogP contribution in [-0.2, 0) is 4.74 Å². The summed E-state index contributed by atoms with van der Waals surface area (Å²) in [6, 6.07) is 0.204. The van der Waals surface area contributed by atoms with Gasteiger partial charge in [0.1, 0.15) is 6.10 Å². The lowest BCUT2D eigenvalue weighted by atomic mass is 9.78. The summed E-state index contributed by atoms with van der Waals surface area (Å²) in [4.78, 5) is 11.4. The van der Waals surface area contributed by atoms with Crippen LogP contribution in [-0.4, -0.2) is 23.8 Å². The number of hydrogen-bond acceptors (Lipinski definition) is 3. The van der Waals surface area contributed by atoms with Gasteiger partial charge in [0.2, 0.25) is 0 Å². The Morgan fingerprint density at radius 1 is 1.47 bits per heavy atom. The van der Waals surface area contributed by atoms with Gasteiger partial charge in [0.25, 0.3) is 0 Å². The van der Waals surface area contributed by atoms with Crippen molar-refractivity contribution < 1.29 is 9.53 Å². The summed E-state index contributed by atoms with van der Waals surface area (Å²) >= 11 is 0. The second-order valence-electron chi connectivity index (χ2n) is 5.49. The van der Waals surface area contributed by atoms with E-state index in [0.29, 0.717) is 5.92 Å². The van der Waals surface area contributed by atoms with Gasteiger partial charge in [-0.25, -0.2) is 4.79 Å². The number of nitrogens with one attached hydrogen (secondary N) is 1. The molecule has 0 unspecified atom stereocenters. The molecule has 0 saturated heterocycles. The number of carbonyl (C=O) groups excluding carboxylic acids is 1. The summed E-state index contributed by atoms with van der Waals surface area (Å²) in [6.45, 7) is 7.79. The molecule has 0 aromatic rings. The Morgan fingerprint density at radius 2 is 2.00 bits per heavy atom. The Bertz CT molecular complexity index is 227. The van der Waals surface area contributed by atoms with Gasteiger partial charge in [0.15, 0.2) is 0 Å². The Morgan fingerprint density at radius 3 is 2.40 bits per heavy atom. The standard InChI is InChI=1S/C11H22N2O2/c1-7(12)8-5-9(6-8)15-10(14)13-11(2,3)4/h7-9H,5-6,12H2,1-4H3,(H,13,14)/t7-,8?,9?/m0/s1. The molecule has 0 spiro atoms. The van der Waals surface area contributed by atoms with Crippen LogP contribution in [0.15, 0.2) is 0 Å². The van der Waals surface area contributed by atoms with Crippen molar-refractivity contribution in [2.45, 2.75) is 58.2 Å². The molecule has 15 heavy (non-hydrogen) atoms. The van der Waals surface area contributed by atoms with E-state index in [-0.39, 0.29) is 23.8 Å². The molecule has 0 aliphatic heterocycles. The predicted octanol–water partition coefficient (Wildman–Crippen LogP) is 1.64. The Hall–Kier alpha value is -0.770.